The third-order valence-electron chi connectivity index (χ3n) is 6.18. The van der Waals surface area contributed by atoms with Gasteiger partial charge in [-0.1, -0.05) is 11.6 Å². The molecule has 0 atom stereocenters. The van der Waals surface area contributed by atoms with E-state index < -0.39 is 5.91 Å². The molecule has 0 radical (unpaired) electrons. The van der Waals surface area contributed by atoms with Crippen LogP contribution < -0.4 is 5.32 Å². The number of ether oxygens (including phenoxy) is 1. The minimum absolute atomic E-state index is 0.224. The first-order valence-electron chi connectivity index (χ1n) is 9.14. The quantitative estimate of drug-likeness (QED) is 0.812. The van der Waals surface area contributed by atoms with Crippen molar-refractivity contribution >= 4 is 29.2 Å². The summed E-state index contributed by atoms with van der Waals surface area (Å²) in [6.07, 6.45) is 6.47. The van der Waals surface area contributed by atoms with Crippen LogP contribution in [0.1, 0.15) is 44.1 Å². The third-order valence-corrected chi connectivity index (χ3v) is 6.42. The number of hydrogen-bond acceptors (Lipinski definition) is 4. The Morgan fingerprint density at radius 2 is 1.81 bits per heavy atom. The van der Waals surface area contributed by atoms with Gasteiger partial charge in [0.1, 0.15) is 6.07 Å². The first-order valence-corrected chi connectivity index (χ1v) is 9.52. The standard InChI is InChI=1S/C20H21ClN2O3/c21-16-2-1-15(10-22)17(6-16)23-18(24)11-26-19(25)20-7-12-3-13(8-20)5-14(4-12)9-20/h1-2,6,12-14H,3-5,7-9,11H2,(H,23,24). The molecule has 4 aliphatic carbocycles. The number of carbonyl (C=O) groups excluding carboxylic acids is 2. The van der Waals surface area contributed by atoms with Gasteiger partial charge in [0.15, 0.2) is 6.61 Å². The highest BCUT2D eigenvalue weighted by Gasteiger charge is 2.55. The van der Waals surface area contributed by atoms with Crippen LogP contribution in [0.3, 0.4) is 0 Å². The van der Waals surface area contributed by atoms with E-state index in [0.29, 0.717) is 34.0 Å². The van der Waals surface area contributed by atoms with Crippen molar-refractivity contribution in [1.82, 2.24) is 0 Å². The van der Waals surface area contributed by atoms with Crippen molar-refractivity contribution in [1.29, 1.82) is 5.26 Å². The maximum absolute atomic E-state index is 12.8. The first-order chi connectivity index (χ1) is 12.5. The van der Waals surface area contributed by atoms with Gasteiger partial charge in [0.05, 0.1) is 16.7 Å². The number of nitriles is 1. The smallest absolute Gasteiger partial charge is 0.312 e. The van der Waals surface area contributed by atoms with Gasteiger partial charge in [-0.05, 0) is 74.5 Å². The van der Waals surface area contributed by atoms with Gasteiger partial charge in [-0.15, -0.1) is 0 Å². The van der Waals surface area contributed by atoms with Crippen LogP contribution >= 0.6 is 11.6 Å². The number of benzene rings is 1. The number of anilines is 1. The molecule has 4 aliphatic rings. The Hall–Kier alpha value is -2.06. The topological polar surface area (TPSA) is 79.2 Å². The molecule has 5 rings (SSSR count). The summed E-state index contributed by atoms with van der Waals surface area (Å²) in [7, 11) is 0. The van der Waals surface area contributed by atoms with Crippen molar-refractivity contribution in [2.24, 2.45) is 23.2 Å². The van der Waals surface area contributed by atoms with Crippen LogP contribution in [0.25, 0.3) is 0 Å². The minimum Gasteiger partial charge on any atom is -0.455 e. The van der Waals surface area contributed by atoms with Crippen LogP contribution in [-0.2, 0) is 14.3 Å². The molecule has 1 aromatic carbocycles. The largest absolute Gasteiger partial charge is 0.455 e. The molecule has 4 bridgehead atoms. The van der Waals surface area contributed by atoms with Crippen LogP contribution in [-0.4, -0.2) is 18.5 Å². The van der Waals surface area contributed by atoms with E-state index in [4.69, 9.17) is 21.6 Å². The summed E-state index contributed by atoms with van der Waals surface area (Å²) in [5.74, 6) is 1.26. The Morgan fingerprint density at radius 3 is 2.38 bits per heavy atom. The number of nitrogens with zero attached hydrogens (tertiary/aromatic N) is 1. The predicted molar refractivity (Wildman–Crippen MR) is 96.4 cm³/mol. The molecule has 5 nitrogen and oxygen atoms in total. The first kappa shape index (κ1) is 17.4. The van der Waals surface area contributed by atoms with E-state index in [-0.39, 0.29) is 18.0 Å². The van der Waals surface area contributed by atoms with Gasteiger partial charge in [-0.25, -0.2) is 0 Å². The SMILES string of the molecule is N#Cc1ccc(Cl)cc1NC(=O)COC(=O)C12CC3CC(CC(C3)C1)C2. The molecule has 0 spiro atoms. The third kappa shape index (κ3) is 3.19. The van der Waals surface area contributed by atoms with Crippen molar-refractivity contribution < 1.29 is 14.3 Å². The lowest BCUT2D eigenvalue weighted by molar-refractivity contribution is -0.172. The van der Waals surface area contributed by atoms with Gasteiger partial charge >= 0.3 is 5.97 Å². The predicted octanol–water partition coefficient (Wildman–Crippen LogP) is 3.91. The number of halogens is 1. The minimum atomic E-state index is -0.457. The number of carbonyl (C=O) groups is 2. The lowest BCUT2D eigenvalue weighted by Crippen LogP contribution is -2.50. The van der Waals surface area contributed by atoms with E-state index >= 15 is 0 Å². The molecule has 26 heavy (non-hydrogen) atoms. The van der Waals surface area contributed by atoms with Gasteiger partial charge in [-0.3, -0.25) is 9.59 Å². The second kappa shape index (κ2) is 6.59. The zero-order valence-electron chi connectivity index (χ0n) is 14.5. The molecule has 0 unspecified atom stereocenters. The van der Waals surface area contributed by atoms with Crippen molar-refractivity contribution in [3.8, 4) is 6.07 Å². The molecule has 0 aliphatic heterocycles. The lowest BCUT2D eigenvalue weighted by atomic mass is 9.49. The van der Waals surface area contributed by atoms with E-state index in [2.05, 4.69) is 5.32 Å². The van der Waals surface area contributed by atoms with E-state index in [1.807, 2.05) is 6.07 Å². The molecular formula is C20H21ClN2O3. The van der Waals surface area contributed by atoms with Gasteiger partial charge in [0.25, 0.3) is 5.91 Å². The fourth-order valence-corrected chi connectivity index (χ4v) is 5.72. The highest BCUT2D eigenvalue weighted by molar-refractivity contribution is 6.31. The van der Waals surface area contributed by atoms with E-state index in [1.54, 1.807) is 12.1 Å². The zero-order chi connectivity index (χ0) is 18.3. The highest BCUT2D eigenvalue weighted by Crippen LogP contribution is 2.60. The number of esters is 1. The fraction of sp³-hybridized carbons (Fsp3) is 0.550. The fourth-order valence-electron chi connectivity index (χ4n) is 5.55. The van der Waals surface area contributed by atoms with Crippen LogP contribution in [0.2, 0.25) is 5.02 Å². The van der Waals surface area contributed by atoms with Crippen molar-refractivity contribution in [3.05, 3.63) is 28.8 Å². The molecule has 4 saturated carbocycles. The molecule has 0 aromatic heterocycles. The number of hydrogen-bond donors (Lipinski definition) is 1. The van der Waals surface area contributed by atoms with Gasteiger partial charge in [0, 0.05) is 5.02 Å². The molecule has 0 heterocycles. The maximum atomic E-state index is 12.8. The second-order valence-electron chi connectivity index (χ2n) is 8.12. The Morgan fingerprint density at radius 1 is 1.19 bits per heavy atom. The number of amides is 1. The summed E-state index contributed by atoms with van der Waals surface area (Å²) in [4.78, 5) is 24.9. The molecule has 1 aromatic rings. The molecule has 1 N–H and O–H groups in total. The molecule has 136 valence electrons. The molecule has 0 saturated heterocycles. The van der Waals surface area contributed by atoms with Crippen molar-refractivity contribution in [2.45, 2.75) is 38.5 Å². The average Bonchev–Trinajstić information content (AvgIpc) is 2.58. The zero-order valence-corrected chi connectivity index (χ0v) is 15.2. The van der Waals surface area contributed by atoms with Gasteiger partial charge in [-0.2, -0.15) is 5.26 Å². The Bertz CT molecular complexity index is 763. The van der Waals surface area contributed by atoms with Crippen LogP contribution in [0.15, 0.2) is 18.2 Å². The van der Waals surface area contributed by atoms with E-state index in [1.165, 1.54) is 25.3 Å². The van der Waals surface area contributed by atoms with Crippen LogP contribution in [0.4, 0.5) is 5.69 Å². The monoisotopic (exact) mass is 372 g/mol. The summed E-state index contributed by atoms with van der Waals surface area (Å²) in [6, 6.07) is 6.64. The van der Waals surface area contributed by atoms with Crippen molar-refractivity contribution in [2.75, 3.05) is 11.9 Å². The van der Waals surface area contributed by atoms with Crippen LogP contribution in [0.5, 0.6) is 0 Å². The average molecular weight is 373 g/mol. The molecule has 1 amide bonds. The summed E-state index contributed by atoms with van der Waals surface area (Å²) >= 11 is 5.92. The summed E-state index contributed by atoms with van der Waals surface area (Å²) in [6.45, 7) is -0.335. The number of nitrogens with one attached hydrogen (secondary N) is 1. The van der Waals surface area contributed by atoms with E-state index in [0.717, 1.165) is 19.3 Å². The summed E-state index contributed by atoms with van der Waals surface area (Å²) < 4.78 is 5.40. The lowest BCUT2D eigenvalue weighted by Gasteiger charge is -2.55. The molecular weight excluding hydrogens is 352 g/mol. The molecule has 6 heteroatoms. The summed E-state index contributed by atoms with van der Waals surface area (Å²) in [5.41, 5.74) is 0.272. The Labute approximate surface area is 157 Å². The summed E-state index contributed by atoms with van der Waals surface area (Å²) in [5, 5.41) is 12.1. The normalized spacial score (nSPS) is 31.3. The number of rotatable bonds is 4. The second-order valence-corrected chi connectivity index (χ2v) is 8.56. The van der Waals surface area contributed by atoms with Gasteiger partial charge < -0.3 is 10.1 Å². The van der Waals surface area contributed by atoms with Crippen LogP contribution in [0, 0.1) is 34.5 Å². The highest BCUT2D eigenvalue weighted by atomic mass is 35.5. The van der Waals surface area contributed by atoms with Gasteiger partial charge in [0.2, 0.25) is 0 Å². The molecule has 4 fully saturated rings. The Balaban J connectivity index is 1.37. The maximum Gasteiger partial charge on any atom is 0.312 e. The Kier molecular flexibility index (Phi) is 4.40. The van der Waals surface area contributed by atoms with Crippen molar-refractivity contribution in [3.63, 3.8) is 0 Å². The van der Waals surface area contributed by atoms with E-state index in [9.17, 15) is 9.59 Å².